The van der Waals surface area contributed by atoms with Crippen LogP contribution < -0.4 is 0 Å². The van der Waals surface area contributed by atoms with Gasteiger partial charge in [-0.05, 0) is 42.2 Å². The van der Waals surface area contributed by atoms with E-state index in [0.717, 1.165) is 19.3 Å². The van der Waals surface area contributed by atoms with Crippen LogP contribution in [0.4, 0.5) is 0 Å². The first-order valence-electron chi connectivity index (χ1n) is 9.08. The summed E-state index contributed by atoms with van der Waals surface area (Å²) in [4.78, 5) is 23.9. The Morgan fingerprint density at radius 3 is 2.16 bits per heavy atom. The van der Waals surface area contributed by atoms with Crippen LogP contribution in [0.2, 0.25) is 0 Å². The van der Waals surface area contributed by atoms with Crippen LogP contribution in [0.1, 0.15) is 81.5 Å². The third-order valence-corrected chi connectivity index (χ3v) is 4.51. The quantitative estimate of drug-likeness (QED) is 0.637. The van der Waals surface area contributed by atoms with E-state index < -0.39 is 11.9 Å². The Labute approximate surface area is 151 Å². The minimum atomic E-state index is -1.12. The number of hydrogen-bond acceptors (Lipinski definition) is 3. The van der Waals surface area contributed by atoms with Gasteiger partial charge in [0, 0.05) is 0 Å². The average molecular weight is 348 g/mol. The Bertz CT molecular complexity index is 586. The monoisotopic (exact) mass is 348 g/mol. The molecule has 3 atom stereocenters. The SMILES string of the molecule is CCC(C)C(CC(C)CC(C)(C)C)OC(=O)c1ccccc1C(=O)O. The number of carbonyl (C=O) groups is 2. The van der Waals surface area contributed by atoms with Crippen molar-refractivity contribution in [3.8, 4) is 0 Å². The molecule has 0 aliphatic rings. The summed E-state index contributed by atoms with van der Waals surface area (Å²) in [6.45, 7) is 12.9. The first-order valence-corrected chi connectivity index (χ1v) is 9.08. The molecule has 0 radical (unpaired) electrons. The van der Waals surface area contributed by atoms with E-state index in [0.29, 0.717) is 5.92 Å². The first-order chi connectivity index (χ1) is 11.5. The second-order valence-corrected chi connectivity index (χ2v) is 8.29. The van der Waals surface area contributed by atoms with Gasteiger partial charge in [0.05, 0.1) is 11.1 Å². The van der Waals surface area contributed by atoms with Crippen molar-refractivity contribution in [1.82, 2.24) is 0 Å². The van der Waals surface area contributed by atoms with Gasteiger partial charge in [0.1, 0.15) is 6.10 Å². The van der Waals surface area contributed by atoms with Gasteiger partial charge in [-0.3, -0.25) is 0 Å². The van der Waals surface area contributed by atoms with Crippen LogP contribution >= 0.6 is 0 Å². The molecule has 140 valence electrons. The molecule has 1 aromatic carbocycles. The third kappa shape index (κ3) is 6.89. The van der Waals surface area contributed by atoms with E-state index in [1.807, 2.05) is 0 Å². The molecule has 1 N–H and O–H groups in total. The maximum atomic E-state index is 12.6. The van der Waals surface area contributed by atoms with Gasteiger partial charge in [-0.15, -0.1) is 0 Å². The van der Waals surface area contributed by atoms with Crippen LogP contribution in [0.3, 0.4) is 0 Å². The van der Waals surface area contributed by atoms with Gasteiger partial charge in [0.2, 0.25) is 0 Å². The maximum absolute atomic E-state index is 12.6. The van der Waals surface area contributed by atoms with Gasteiger partial charge >= 0.3 is 11.9 Å². The molecule has 4 heteroatoms. The second-order valence-electron chi connectivity index (χ2n) is 8.29. The van der Waals surface area contributed by atoms with E-state index in [4.69, 9.17) is 4.74 Å². The van der Waals surface area contributed by atoms with E-state index in [2.05, 4.69) is 41.5 Å². The predicted octanol–water partition coefficient (Wildman–Crippen LogP) is 5.42. The molecule has 0 heterocycles. The maximum Gasteiger partial charge on any atom is 0.339 e. The minimum Gasteiger partial charge on any atom is -0.478 e. The number of benzene rings is 1. The van der Waals surface area contributed by atoms with Crippen molar-refractivity contribution in [2.75, 3.05) is 0 Å². The highest BCUT2D eigenvalue weighted by molar-refractivity contribution is 6.02. The molecule has 1 aromatic rings. The number of carboxylic acids is 1. The van der Waals surface area contributed by atoms with E-state index in [9.17, 15) is 14.7 Å². The number of carbonyl (C=O) groups excluding carboxylic acids is 1. The van der Waals surface area contributed by atoms with Crippen LogP contribution in [0.15, 0.2) is 24.3 Å². The molecule has 3 unspecified atom stereocenters. The Hall–Kier alpha value is -1.84. The lowest BCUT2D eigenvalue weighted by atomic mass is 9.81. The number of hydrogen-bond donors (Lipinski definition) is 1. The molecule has 25 heavy (non-hydrogen) atoms. The summed E-state index contributed by atoms with van der Waals surface area (Å²) in [5.41, 5.74) is 0.323. The lowest BCUT2D eigenvalue weighted by molar-refractivity contribution is 0.00641. The molecular formula is C21H32O4. The Balaban J connectivity index is 2.92. The summed E-state index contributed by atoms with van der Waals surface area (Å²) < 4.78 is 5.76. The fourth-order valence-corrected chi connectivity index (χ4v) is 3.23. The smallest absolute Gasteiger partial charge is 0.339 e. The largest absolute Gasteiger partial charge is 0.478 e. The Morgan fingerprint density at radius 2 is 1.68 bits per heavy atom. The highest BCUT2D eigenvalue weighted by Gasteiger charge is 2.27. The van der Waals surface area contributed by atoms with Crippen LogP contribution in [-0.4, -0.2) is 23.1 Å². The molecule has 0 saturated carbocycles. The minimum absolute atomic E-state index is 0.0156. The lowest BCUT2D eigenvalue weighted by Crippen LogP contribution is -2.29. The van der Waals surface area contributed by atoms with Crippen molar-refractivity contribution in [1.29, 1.82) is 0 Å². The molecular weight excluding hydrogens is 316 g/mol. The van der Waals surface area contributed by atoms with Crippen molar-refractivity contribution in [2.45, 2.75) is 66.9 Å². The van der Waals surface area contributed by atoms with Crippen molar-refractivity contribution in [3.63, 3.8) is 0 Å². The molecule has 0 aliphatic heterocycles. The lowest BCUT2D eigenvalue weighted by Gasteiger charge is -2.29. The van der Waals surface area contributed by atoms with E-state index >= 15 is 0 Å². The van der Waals surface area contributed by atoms with Gasteiger partial charge in [-0.25, -0.2) is 9.59 Å². The third-order valence-electron chi connectivity index (χ3n) is 4.51. The van der Waals surface area contributed by atoms with Gasteiger partial charge in [-0.1, -0.05) is 60.1 Å². The fourth-order valence-electron chi connectivity index (χ4n) is 3.23. The van der Waals surface area contributed by atoms with Crippen molar-refractivity contribution in [2.24, 2.45) is 17.3 Å². The molecule has 0 amide bonds. The van der Waals surface area contributed by atoms with Crippen LogP contribution in [0, 0.1) is 17.3 Å². The normalized spacial score (nSPS) is 15.3. The van der Waals surface area contributed by atoms with Crippen molar-refractivity contribution >= 4 is 11.9 Å². The number of ether oxygens (including phenoxy) is 1. The van der Waals surface area contributed by atoms with Crippen LogP contribution in [-0.2, 0) is 4.74 Å². The summed E-state index contributed by atoms with van der Waals surface area (Å²) >= 11 is 0. The standard InChI is InChI=1S/C21H32O4/c1-7-15(3)18(12-14(2)13-21(4,5)6)25-20(24)17-11-9-8-10-16(17)19(22)23/h8-11,14-15,18H,7,12-13H2,1-6H3,(H,22,23). The molecule has 4 nitrogen and oxygen atoms in total. The molecule has 0 bridgehead atoms. The van der Waals surface area contributed by atoms with Crippen LogP contribution in [0.25, 0.3) is 0 Å². The number of esters is 1. The van der Waals surface area contributed by atoms with Crippen molar-refractivity contribution < 1.29 is 19.4 Å². The molecule has 0 spiro atoms. The van der Waals surface area contributed by atoms with Gasteiger partial charge in [-0.2, -0.15) is 0 Å². The number of carboxylic acid groups (broad SMARTS) is 1. The first kappa shape index (κ1) is 21.2. The topological polar surface area (TPSA) is 63.6 Å². The molecule has 0 saturated heterocycles. The zero-order chi connectivity index (χ0) is 19.2. The second kappa shape index (κ2) is 9.02. The Morgan fingerprint density at radius 1 is 1.12 bits per heavy atom. The number of aromatic carboxylic acids is 1. The Kier molecular flexibility index (Phi) is 7.65. The molecule has 1 rings (SSSR count). The molecule has 0 aliphatic carbocycles. The molecule has 0 fully saturated rings. The van der Waals surface area contributed by atoms with Crippen molar-refractivity contribution in [3.05, 3.63) is 35.4 Å². The van der Waals surface area contributed by atoms with Gasteiger partial charge < -0.3 is 9.84 Å². The summed E-state index contributed by atoms with van der Waals surface area (Å²) in [6, 6.07) is 6.21. The van der Waals surface area contributed by atoms with Crippen LogP contribution in [0.5, 0.6) is 0 Å². The van der Waals surface area contributed by atoms with Gasteiger partial charge in [0.15, 0.2) is 0 Å². The zero-order valence-electron chi connectivity index (χ0n) is 16.3. The van der Waals surface area contributed by atoms with Gasteiger partial charge in [0.25, 0.3) is 0 Å². The van der Waals surface area contributed by atoms with E-state index in [1.165, 1.54) is 12.1 Å². The summed E-state index contributed by atoms with van der Waals surface area (Å²) in [5.74, 6) is -1.02. The fraction of sp³-hybridized carbons (Fsp3) is 0.619. The van der Waals surface area contributed by atoms with E-state index in [1.54, 1.807) is 12.1 Å². The summed E-state index contributed by atoms with van der Waals surface area (Å²) in [5, 5.41) is 9.27. The average Bonchev–Trinajstić information content (AvgIpc) is 2.51. The zero-order valence-corrected chi connectivity index (χ0v) is 16.3. The molecule has 0 aromatic heterocycles. The highest BCUT2D eigenvalue weighted by atomic mass is 16.5. The summed E-state index contributed by atoms with van der Waals surface area (Å²) in [7, 11) is 0. The summed E-state index contributed by atoms with van der Waals surface area (Å²) in [6.07, 6.45) is 2.52. The predicted molar refractivity (Wildman–Crippen MR) is 99.9 cm³/mol. The number of rotatable bonds is 8. The highest BCUT2D eigenvalue weighted by Crippen LogP contribution is 2.30. The van der Waals surface area contributed by atoms with E-state index in [-0.39, 0.29) is 28.6 Å².